The summed E-state index contributed by atoms with van der Waals surface area (Å²) in [6, 6.07) is 4.46. The zero-order chi connectivity index (χ0) is 12.5. The molecule has 2 nitrogen and oxygen atoms in total. The van der Waals surface area contributed by atoms with Gasteiger partial charge in [-0.3, -0.25) is 4.79 Å². The first kappa shape index (κ1) is 12.4. The lowest BCUT2D eigenvalue weighted by molar-refractivity contribution is -0.148. The maximum Gasteiger partial charge on any atom is 0.309 e. The molecular weight excluding hydrogens is 243 g/mol. The fraction of sp³-hybridized carbons (Fsp3) is 0.462. The van der Waals surface area contributed by atoms with Crippen molar-refractivity contribution in [1.82, 2.24) is 0 Å². The summed E-state index contributed by atoms with van der Waals surface area (Å²) in [6.07, 6.45) is 3.17. The molecule has 0 spiro atoms. The van der Waals surface area contributed by atoms with Crippen LogP contribution >= 0.6 is 11.6 Å². The third kappa shape index (κ3) is 2.29. The van der Waals surface area contributed by atoms with Crippen LogP contribution in [0.3, 0.4) is 0 Å². The van der Waals surface area contributed by atoms with Crippen LogP contribution in [0.5, 0.6) is 0 Å². The summed E-state index contributed by atoms with van der Waals surface area (Å²) in [5.74, 6) is -1.25. The average Bonchev–Trinajstić information content (AvgIpc) is 2.73. The fourth-order valence-corrected chi connectivity index (χ4v) is 2.79. The van der Waals surface area contributed by atoms with Gasteiger partial charge < -0.3 is 5.11 Å². The van der Waals surface area contributed by atoms with Crippen LogP contribution in [0.4, 0.5) is 4.39 Å². The molecule has 1 N–H and O–H groups in total. The molecule has 0 aromatic heterocycles. The highest BCUT2D eigenvalue weighted by Crippen LogP contribution is 2.42. The van der Waals surface area contributed by atoms with Gasteiger partial charge in [-0.05, 0) is 31.4 Å². The van der Waals surface area contributed by atoms with Crippen LogP contribution in [0.15, 0.2) is 18.2 Å². The van der Waals surface area contributed by atoms with Gasteiger partial charge in [0.2, 0.25) is 0 Å². The zero-order valence-electron chi connectivity index (χ0n) is 9.38. The minimum atomic E-state index is -0.839. The second-order valence-electron chi connectivity index (χ2n) is 4.67. The van der Waals surface area contributed by atoms with Crippen LogP contribution in [0.1, 0.15) is 31.2 Å². The van der Waals surface area contributed by atoms with Crippen LogP contribution in [-0.2, 0) is 11.2 Å². The second kappa shape index (κ2) is 4.65. The Morgan fingerprint density at radius 1 is 1.41 bits per heavy atom. The van der Waals surface area contributed by atoms with Crippen molar-refractivity contribution in [1.29, 1.82) is 0 Å². The summed E-state index contributed by atoms with van der Waals surface area (Å²) in [4.78, 5) is 11.4. The molecule has 0 atom stereocenters. The van der Waals surface area contributed by atoms with E-state index in [1.54, 1.807) is 6.07 Å². The molecule has 1 aromatic carbocycles. The van der Waals surface area contributed by atoms with Gasteiger partial charge in [-0.1, -0.05) is 30.5 Å². The molecule has 0 saturated heterocycles. The molecule has 1 aromatic rings. The first-order valence-electron chi connectivity index (χ1n) is 5.71. The van der Waals surface area contributed by atoms with E-state index in [9.17, 15) is 14.3 Å². The van der Waals surface area contributed by atoms with Crippen LogP contribution in [0.25, 0.3) is 0 Å². The highest BCUT2D eigenvalue weighted by atomic mass is 35.5. The molecule has 0 radical (unpaired) electrons. The summed E-state index contributed by atoms with van der Waals surface area (Å²) in [6.45, 7) is 0. The number of rotatable bonds is 3. The van der Waals surface area contributed by atoms with E-state index in [1.807, 2.05) is 0 Å². The number of aliphatic carboxylic acids is 1. The topological polar surface area (TPSA) is 37.3 Å². The highest BCUT2D eigenvalue weighted by molar-refractivity contribution is 6.31. The quantitative estimate of drug-likeness (QED) is 0.896. The smallest absolute Gasteiger partial charge is 0.309 e. The van der Waals surface area contributed by atoms with Gasteiger partial charge >= 0.3 is 5.97 Å². The molecule has 1 fully saturated rings. The first-order chi connectivity index (χ1) is 8.05. The molecule has 17 heavy (non-hydrogen) atoms. The highest BCUT2D eigenvalue weighted by Gasteiger charge is 2.42. The number of carboxylic acid groups (broad SMARTS) is 1. The van der Waals surface area contributed by atoms with Crippen LogP contribution in [0, 0.1) is 11.2 Å². The zero-order valence-corrected chi connectivity index (χ0v) is 10.1. The predicted molar refractivity (Wildman–Crippen MR) is 63.7 cm³/mol. The average molecular weight is 257 g/mol. The van der Waals surface area contributed by atoms with Crippen molar-refractivity contribution in [2.24, 2.45) is 5.41 Å². The van der Waals surface area contributed by atoms with Crippen molar-refractivity contribution in [2.45, 2.75) is 32.1 Å². The molecule has 0 aliphatic heterocycles. The number of hydrogen-bond acceptors (Lipinski definition) is 1. The van der Waals surface area contributed by atoms with Gasteiger partial charge in [0.1, 0.15) is 5.82 Å². The van der Waals surface area contributed by atoms with E-state index in [0.29, 0.717) is 23.4 Å². The maximum absolute atomic E-state index is 13.7. The van der Waals surface area contributed by atoms with Gasteiger partial charge in [0.25, 0.3) is 0 Å². The van der Waals surface area contributed by atoms with Gasteiger partial charge in [0.05, 0.1) is 5.41 Å². The largest absolute Gasteiger partial charge is 0.481 e. The van der Waals surface area contributed by atoms with E-state index >= 15 is 0 Å². The second-order valence-corrected chi connectivity index (χ2v) is 5.08. The van der Waals surface area contributed by atoms with E-state index in [0.717, 1.165) is 12.8 Å². The van der Waals surface area contributed by atoms with Gasteiger partial charge in [0, 0.05) is 10.6 Å². The van der Waals surface area contributed by atoms with Crippen molar-refractivity contribution in [3.8, 4) is 0 Å². The summed E-state index contributed by atoms with van der Waals surface area (Å²) < 4.78 is 13.7. The van der Waals surface area contributed by atoms with Crippen LogP contribution in [-0.4, -0.2) is 11.1 Å². The van der Waals surface area contributed by atoms with Crippen molar-refractivity contribution in [2.75, 3.05) is 0 Å². The summed E-state index contributed by atoms with van der Waals surface area (Å²) in [7, 11) is 0. The third-order valence-corrected chi connectivity index (χ3v) is 3.95. The SMILES string of the molecule is O=C(O)C1(Cc2c(F)cccc2Cl)CCCC1. The Labute approximate surface area is 104 Å². The standard InChI is InChI=1S/C13H14ClFO2/c14-10-4-3-5-11(15)9(10)8-13(12(16)17)6-1-2-7-13/h3-5H,1-2,6-8H2,(H,16,17). The summed E-state index contributed by atoms with van der Waals surface area (Å²) >= 11 is 5.94. The monoisotopic (exact) mass is 256 g/mol. The molecule has 0 heterocycles. The first-order valence-corrected chi connectivity index (χ1v) is 6.09. The lowest BCUT2D eigenvalue weighted by atomic mass is 9.80. The Morgan fingerprint density at radius 3 is 2.59 bits per heavy atom. The van der Waals surface area contributed by atoms with Crippen molar-refractivity contribution in [3.05, 3.63) is 34.6 Å². The van der Waals surface area contributed by atoms with Crippen LogP contribution < -0.4 is 0 Å². The van der Waals surface area contributed by atoms with E-state index in [2.05, 4.69) is 0 Å². The number of halogens is 2. The number of benzene rings is 1. The molecule has 0 amide bonds. The molecule has 0 bridgehead atoms. The Morgan fingerprint density at radius 2 is 2.06 bits per heavy atom. The van der Waals surface area contributed by atoms with Gasteiger partial charge in [-0.25, -0.2) is 4.39 Å². The molecule has 4 heteroatoms. The fourth-order valence-electron chi connectivity index (χ4n) is 2.56. The molecule has 1 aliphatic rings. The van der Waals surface area contributed by atoms with Crippen molar-refractivity contribution < 1.29 is 14.3 Å². The maximum atomic E-state index is 13.7. The summed E-state index contributed by atoms with van der Waals surface area (Å²) in [5.41, 5.74) is -0.496. The number of carbonyl (C=O) groups is 1. The van der Waals surface area contributed by atoms with Crippen molar-refractivity contribution >= 4 is 17.6 Å². The van der Waals surface area contributed by atoms with Gasteiger partial charge in [0.15, 0.2) is 0 Å². The molecule has 2 rings (SSSR count). The number of hydrogen-bond donors (Lipinski definition) is 1. The van der Waals surface area contributed by atoms with E-state index in [1.165, 1.54) is 12.1 Å². The normalized spacial score (nSPS) is 18.2. The lowest BCUT2D eigenvalue weighted by Crippen LogP contribution is -2.30. The van der Waals surface area contributed by atoms with Gasteiger partial charge in [-0.15, -0.1) is 0 Å². The molecule has 1 saturated carbocycles. The number of carboxylic acids is 1. The molecule has 92 valence electrons. The van der Waals surface area contributed by atoms with E-state index < -0.39 is 17.2 Å². The van der Waals surface area contributed by atoms with Gasteiger partial charge in [-0.2, -0.15) is 0 Å². The molecule has 1 aliphatic carbocycles. The lowest BCUT2D eigenvalue weighted by Gasteiger charge is -2.24. The predicted octanol–water partition coefficient (Wildman–Crippen LogP) is 3.67. The minimum Gasteiger partial charge on any atom is -0.481 e. The third-order valence-electron chi connectivity index (χ3n) is 3.59. The van der Waals surface area contributed by atoms with Crippen LogP contribution in [0.2, 0.25) is 5.02 Å². The Balaban J connectivity index is 2.33. The van der Waals surface area contributed by atoms with Crippen molar-refractivity contribution in [3.63, 3.8) is 0 Å². The summed E-state index contributed by atoms with van der Waals surface area (Å²) in [5, 5.41) is 9.66. The Bertz CT molecular complexity index is 419. The van der Waals surface area contributed by atoms with E-state index in [4.69, 9.17) is 11.6 Å². The minimum absolute atomic E-state index is 0.188. The molecular formula is C13H14ClFO2. The Kier molecular flexibility index (Phi) is 3.38. The Hall–Kier alpha value is -1.09. The van der Waals surface area contributed by atoms with E-state index in [-0.39, 0.29) is 6.42 Å². The molecule has 0 unspecified atom stereocenters.